The van der Waals surface area contributed by atoms with Gasteiger partial charge in [0.05, 0.1) is 24.5 Å². The van der Waals surface area contributed by atoms with E-state index in [0.29, 0.717) is 63.3 Å². The predicted molar refractivity (Wildman–Crippen MR) is 159 cm³/mol. The molecule has 2 heterocycles. The molecular formula is C32H24F3N5O5. The van der Waals surface area contributed by atoms with Crippen molar-refractivity contribution in [2.45, 2.75) is 12.8 Å². The number of anilines is 3. The number of rotatable bonds is 9. The summed E-state index contributed by atoms with van der Waals surface area (Å²) in [6.07, 6.45) is 3.41. The second-order valence-corrected chi connectivity index (χ2v) is 10.2. The van der Waals surface area contributed by atoms with E-state index in [2.05, 4.69) is 20.6 Å². The number of carbonyl (C=O) groups excluding carboxylic acids is 2. The third-order valence-corrected chi connectivity index (χ3v) is 7.17. The number of ether oxygens (including phenoxy) is 3. The lowest BCUT2D eigenvalue weighted by molar-refractivity contribution is -0.131. The minimum atomic E-state index is -1.51. The summed E-state index contributed by atoms with van der Waals surface area (Å²) in [6, 6.07) is 15.7. The summed E-state index contributed by atoms with van der Waals surface area (Å²) in [5.74, 6) is -3.21. The number of fused-ring (bicyclic) bond motifs is 1. The number of nitrogen functional groups attached to an aromatic ring is 1. The van der Waals surface area contributed by atoms with Crippen LogP contribution in [0.15, 0.2) is 79.1 Å². The van der Waals surface area contributed by atoms with Gasteiger partial charge in [-0.15, -0.1) is 0 Å². The second kappa shape index (κ2) is 11.7. The number of amides is 2. The zero-order chi connectivity index (χ0) is 31.7. The molecule has 13 heteroatoms. The number of halogens is 3. The average molecular weight is 616 g/mol. The number of nitrogens with one attached hydrogen (secondary N) is 2. The molecular weight excluding hydrogens is 591 g/mol. The van der Waals surface area contributed by atoms with Crippen molar-refractivity contribution in [1.82, 2.24) is 9.97 Å². The first kappa shape index (κ1) is 29.2. The zero-order valence-corrected chi connectivity index (χ0v) is 23.6. The summed E-state index contributed by atoms with van der Waals surface area (Å²) < 4.78 is 58.8. The number of pyridine rings is 2. The maximum atomic E-state index is 14.0. The third kappa shape index (κ3) is 6.00. The van der Waals surface area contributed by atoms with Crippen molar-refractivity contribution in [3.8, 4) is 28.9 Å². The van der Waals surface area contributed by atoms with Crippen molar-refractivity contribution < 1.29 is 37.0 Å². The number of carbonyl (C=O) groups is 2. The topological polar surface area (TPSA) is 138 Å². The highest BCUT2D eigenvalue weighted by Gasteiger charge is 2.56. The van der Waals surface area contributed by atoms with Gasteiger partial charge in [-0.2, -0.15) is 0 Å². The Morgan fingerprint density at radius 2 is 1.53 bits per heavy atom. The van der Waals surface area contributed by atoms with Crippen LogP contribution < -0.4 is 30.6 Å². The van der Waals surface area contributed by atoms with Crippen LogP contribution in [0.5, 0.6) is 28.9 Å². The summed E-state index contributed by atoms with van der Waals surface area (Å²) in [6.45, 7) is 0. The van der Waals surface area contributed by atoms with E-state index in [1.165, 1.54) is 13.3 Å². The molecule has 1 aliphatic carbocycles. The van der Waals surface area contributed by atoms with Crippen molar-refractivity contribution in [3.05, 3.63) is 96.6 Å². The number of hydrogen-bond donors (Lipinski definition) is 3. The number of methoxy groups -OCH3 is 1. The van der Waals surface area contributed by atoms with Crippen LogP contribution in [-0.2, 0) is 9.59 Å². The summed E-state index contributed by atoms with van der Waals surface area (Å²) in [7, 11) is 1.51. The molecule has 1 aliphatic rings. The lowest BCUT2D eigenvalue weighted by atomic mass is 10.0. The molecule has 5 aromatic rings. The van der Waals surface area contributed by atoms with Gasteiger partial charge in [0.15, 0.2) is 23.1 Å². The van der Waals surface area contributed by atoms with Crippen LogP contribution in [0.4, 0.5) is 30.2 Å². The predicted octanol–water partition coefficient (Wildman–Crippen LogP) is 6.58. The highest BCUT2D eigenvalue weighted by atomic mass is 19.1. The van der Waals surface area contributed by atoms with Gasteiger partial charge in [0, 0.05) is 41.5 Å². The Hall–Kier alpha value is -5.85. The van der Waals surface area contributed by atoms with Crippen molar-refractivity contribution in [3.63, 3.8) is 0 Å². The van der Waals surface area contributed by atoms with Crippen LogP contribution in [-0.4, -0.2) is 28.9 Å². The number of aromatic nitrogens is 2. The van der Waals surface area contributed by atoms with Gasteiger partial charge < -0.3 is 30.6 Å². The molecule has 2 amide bonds. The quantitative estimate of drug-likeness (QED) is 0.158. The van der Waals surface area contributed by atoms with E-state index in [-0.39, 0.29) is 12.8 Å². The van der Waals surface area contributed by atoms with Crippen LogP contribution in [0, 0.1) is 22.9 Å². The maximum Gasteiger partial charge on any atom is 0.240 e. The fraction of sp³-hybridized carbons (Fsp3) is 0.125. The highest BCUT2D eigenvalue weighted by molar-refractivity contribution is 6.17. The molecule has 0 bridgehead atoms. The molecule has 0 aliphatic heterocycles. The summed E-state index contributed by atoms with van der Waals surface area (Å²) in [4.78, 5) is 34.4. The Labute approximate surface area is 254 Å². The molecule has 0 radical (unpaired) electrons. The minimum absolute atomic E-state index is 0.177. The van der Waals surface area contributed by atoms with Gasteiger partial charge in [-0.3, -0.25) is 14.6 Å². The molecule has 1 saturated carbocycles. The molecule has 228 valence electrons. The fourth-order valence-corrected chi connectivity index (χ4v) is 4.58. The van der Waals surface area contributed by atoms with E-state index in [1.807, 2.05) is 0 Å². The normalized spacial score (nSPS) is 13.2. The SMILES string of the molecule is COc1cc2nccc(Oc3ccc(NC(=O)C4(C(=O)Nc5c(F)cc(F)cc5F)CC4)cc3)c2cc1Oc1ccc(N)cn1. The van der Waals surface area contributed by atoms with Gasteiger partial charge >= 0.3 is 0 Å². The highest BCUT2D eigenvalue weighted by Crippen LogP contribution is 2.48. The largest absolute Gasteiger partial charge is 0.493 e. The minimum Gasteiger partial charge on any atom is -0.493 e. The van der Waals surface area contributed by atoms with Crippen molar-refractivity contribution in [2.24, 2.45) is 5.41 Å². The lowest BCUT2D eigenvalue weighted by Gasteiger charge is -2.16. The van der Waals surface area contributed by atoms with E-state index >= 15 is 0 Å². The van der Waals surface area contributed by atoms with Gasteiger partial charge in [0.2, 0.25) is 17.7 Å². The fourth-order valence-electron chi connectivity index (χ4n) is 4.58. The molecule has 45 heavy (non-hydrogen) atoms. The van der Waals surface area contributed by atoms with Crippen LogP contribution in [0.2, 0.25) is 0 Å². The van der Waals surface area contributed by atoms with Crippen LogP contribution in [0.25, 0.3) is 10.9 Å². The Morgan fingerprint density at radius 3 is 2.18 bits per heavy atom. The smallest absolute Gasteiger partial charge is 0.240 e. The molecule has 0 spiro atoms. The Morgan fingerprint density at radius 1 is 0.822 bits per heavy atom. The molecule has 3 aromatic carbocycles. The van der Waals surface area contributed by atoms with Gasteiger partial charge in [-0.25, -0.2) is 18.2 Å². The number of nitrogens with two attached hydrogens (primary N) is 1. The zero-order valence-electron chi connectivity index (χ0n) is 23.6. The first-order valence-electron chi connectivity index (χ1n) is 13.6. The van der Waals surface area contributed by atoms with Crippen LogP contribution in [0.3, 0.4) is 0 Å². The van der Waals surface area contributed by atoms with E-state index in [0.717, 1.165) is 0 Å². The summed E-state index contributed by atoms with van der Waals surface area (Å²) >= 11 is 0. The van der Waals surface area contributed by atoms with Gasteiger partial charge in [-0.05, 0) is 55.3 Å². The average Bonchev–Trinajstić information content (AvgIpc) is 3.83. The maximum absolute atomic E-state index is 14.0. The molecule has 0 saturated heterocycles. The summed E-state index contributed by atoms with van der Waals surface area (Å²) in [5, 5.41) is 5.37. The Bertz CT molecular complexity index is 1910. The summed E-state index contributed by atoms with van der Waals surface area (Å²) in [5.41, 5.74) is 4.82. The Balaban J connectivity index is 1.16. The molecule has 1 fully saturated rings. The van der Waals surface area contributed by atoms with Crippen molar-refractivity contribution in [2.75, 3.05) is 23.5 Å². The van der Waals surface area contributed by atoms with Crippen molar-refractivity contribution >= 4 is 39.8 Å². The first-order chi connectivity index (χ1) is 21.6. The van der Waals surface area contributed by atoms with Crippen LogP contribution >= 0.6 is 0 Å². The second-order valence-electron chi connectivity index (χ2n) is 10.2. The van der Waals surface area contributed by atoms with Gasteiger partial charge in [0.1, 0.15) is 28.4 Å². The van der Waals surface area contributed by atoms with Crippen molar-refractivity contribution in [1.29, 1.82) is 0 Å². The molecule has 4 N–H and O–H groups in total. The molecule has 6 rings (SSSR count). The molecule has 0 unspecified atom stereocenters. The molecule has 2 aromatic heterocycles. The monoisotopic (exact) mass is 615 g/mol. The number of hydrogen-bond acceptors (Lipinski definition) is 8. The number of benzene rings is 3. The molecule has 0 atom stereocenters. The van der Waals surface area contributed by atoms with E-state index in [1.54, 1.807) is 60.8 Å². The third-order valence-electron chi connectivity index (χ3n) is 7.17. The lowest BCUT2D eigenvalue weighted by Crippen LogP contribution is -2.36. The van der Waals surface area contributed by atoms with E-state index in [9.17, 15) is 22.8 Å². The van der Waals surface area contributed by atoms with E-state index in [4.69, 9.17) is 19.9 Å². The van der Waals surface area contributed by atoms with Crippen LogP contribution in [0.1, 0.15) is 12.8 Å². The van der Waals surface area contributed by atoms with Gasteiger partial charge in [-0.1, -0.05) is 0 Å². The van der Waals surface area contributed by atoms with Gasteiger partial charge in [0.25, 0.3) is 0 Å². The Kier molecular flexibility index (Phi) is 7.59. The number of nitrogens with zero attached hydrogens (tertiary/aromatic N) is 2. The molecule has 10 nitrogen and oxygen atoms in total. The van der Waals surface area contributed by atoms with E-state index < -0.39 is 40.4 Å². The standard InChI is InChI=1S/C32H24F3N5O5/c1-43-26-15-24-21(14-27(26)45-28-7-2-18(36)16-38-28)25(8-11-37-24)44-20-5-3-19(4-6-20)39-30(41)32(9-10-32)31(42)40-29-22(34)12-17(33)13-23(29)35/h2-8,11-16H,9-10,36H2,1H3,(H,39,41)(H,40,42). The first-order valence-corrected chi connectivity index (χ1v) is 13.6.